The number of amides is 2. The number of carboxylic acids is 1. The van der Waals surface area contributed by atoms with E-state index in [1.807, 2.05) is 35.2 Å². The molecule has 3 atom stereocenters. The average molecular weight is 583 g/mol. The number of likely N-dealkylation sites (tertiary alicyclic amines) is 1. The van der Waals surface area contributed by atoms with E-state index in [0.717, 1.165) is 29.7 Å². The molecule has 0 spiro atoms. The van der Waals surface area contributed by atoms with Crippen LogP contribution >= 0.6 is 11.6 Å². The lowest BCUT2D eigenvalue weighted by Gasteiger charge is -2.45. The van der Waals surface area contributed by atoms with Gasteiger partial charge in [-0.25, -0.2) is 0 Å². The molecule has 6 rings (SSSR count). The number of hydrogen-bond acceptors (Lipinski definition) is 6. The van der Waals surface area contributed by atoms with Crippen molar-refractivity contribution in [3.63, 3.8) is 0 Å². The molecule has 2 amide bonds. The lowest BCUT2D eigenvalue weighted by Crippen LogP contribution is -2.54. The number of halogens is 1. The second-order valence-electron chi connectivity index (χ2n) is 12.4. The van der Waals surface area contributed by atoms with Crippen LogP contribution in [0.1, 0.15) is 69.2 Å². The molecule has 4 aliphatic heterocycles. The molecule has 2 aromatic carbocycles. The van der Waals surface area contributed by atoms with E-state index in [9.17, 15) is 19.5 Å². The second kappa shape index (κ2) is 10.5. The molecule has 4 aliphatic rings. The van der Waals surface area contributed by atoms with E-state index in [1.54, 1.807) is 4.90 Å². The van der Waals surface area contributed by atoms with Crippen LogP contribution < -0.4 is 14.4 Å². The number of ether oxygens (including phenoxy) is 3. The number of carboxylic acid groups (broad SMARTS) is 1. The van der Waals surface area contributed by atoms with Crippen molar-refractivity contribution < 1.29 is 33.7 Å². The molecular weight excluding hydrogens is 548 g/mol. The fourth-order valence-corrected chi connectivity index (χ4v) is 6.92. The van der Waals surface area contributed by atoms with Crippen LogP contribution in [-0.2, 0) is 25.5 Å². The zero-order valence-corrected chi connectivity index (χ0v) is 24.3. The summed E-state index contributed by atoms with van der Waals surface area (Å²) in [6.07, 6.45) is 0.352. The number of carbonyl (C=O) groups is 3. The number of aliphatic carboxylic acids is 1. The molecule has 41 heavy (non-hydrogen) atoms. The number of rotatable bonds is 4. The SMILES string of the molecule is CC(C)(C)[C@@H]1CCc2cc(Cl)cc3c2N1C(=O)[C@@H](CC(=O)N1CCC(C(=O)O)CC1)O[C@@H]3c1cccc2c1OCO2. The number of para-hydroxylation sites is 1. The van der Waals surface area contributed by atoms with E-state index in [-0.39, 0.29) is 36.5 Å². The summed E-state index contributed by atoms with van der Waals surface area (Å²) in [6.45, 7) is 7.13. The van der Waals surface area contributed by atoms with Gasteiger partial charge in [0.25, 0.3) is 5.91 Å². The molecule has 0 radical (unpaired) electrons. The van der Waals surface area contributed by atoms with Crippen LogP contribution in [-0.4, -0.2) is 59.8 Å². The summed E-state index contributed by atoms with van der Waals surface area (Å²) in [6, 6.07) is 9.24. The van der Waals surface area contributed by atoms with Crippen molar-refractivity contribution in [3.8, 4) is 11.5 Å². The van der Waals surface area contributed by atoms with Gasteiger partial charge in [0.15, 0.2) is 11.5 Å². The van der Waals surface area contributed by atoms with Crippen LogP contribution in [0.5, 0.6) is 11.5 Å². The van der Waals surface area contributed by atoms with Crippen molar-refractivity contribution in [1.29, 1.82) is 0 Å². The molecule has 2 aromatic rings. The van der Waals surface area contributed by atoms with Gasteiger partial charge in [-0.05, 0) is 54.9 Å². The Morgan fingerprint density at radius 2 is 1.83 bits per heavy atom. The molecule has 0 bridgehead atoms. The summed E-state index contributed by atoms with van der Waals surface area (Å²) >= 11 is 6.66. The van der Waals surface area contributed by atoms with Gasteiger partial charge in [-0.3, -0.25) is 14.4 Å². The molecule has 1 fully saturated rings. The maximum absolute atomic E-state index is 14.5. The summed E-state index contributed by atoms with van der Waals surface area (Å²) in [4.78, 5) is 43.0. The number of anilines is 1. The zero-order valence-electron chi connectivity index (χ0n) is 23.5. The molecule has 0 aromatic heterocycles. The first-order valence-electron chi connectivity index (χ1n) is 14.2. The van der Waals surface area contributed by atoms with Crippen molar-refractivity contribution in [2.45, 2.75) is 71.1 Å². The lowest BCUT2D eigenvalue weighted by molar-refractivity contribution is -0.148. The zero-order chi connectivity index (χ0) is 29.1. The standard InChI is InChI=1S/C31H35ClN2O7/c1-31(2,3)24-8-7-18-13-19(32)14-21-26(18)34(24)29(36)23(15-25(35)33-11-9-17(10-12-33)30(37)38)41-27(21)20-5-4-6-22-28(20)40-16-39-22/h4-6,13-14,17,23-24,27H,7-12,15-16H2,1-3H3,(H,37,38)/t23-,24+,27-/m1/s1. The predicted molar refractivity (Wildman–Crippen MR) is 151 cm³/mol. The quantitative estimate of drug-likeness (QED) is 0.543. The Morgan fingerprint density at radius 1 is 1.07 bits per heavy atom. The number of fused-ring (bicyclic) bond motifs is 1. The average Bonchev–Trinajstić information content (AvgIpc) is 3.38. The van der Waals surface area contributed by atoms with E-state index >= 15 is 0 Å². The maximum atomic E-state index is 14.5. The van der Waals surface area contributed by atoms with E-state index < -0.39 is 24.1 Å². The highest BCUT2D eigenvalue weighted by molar-refractivity contribution is 6.31. The number of piperidine rings is 1. The first kappa shape index (κ1) is 27.8. The van der Waals surface area contributed by atoms with Crippen molar-refractivity contribution in [1.82, 2.24) is 4.90 Å². The highest BCUT2D eigenvalue weighted by Gasteiger charge is 2.47. The monoisotopic (exact) mass is 582 g/mol. The van der Waals surface area contributed by atoms with Gasteiger partial charge in [-0.15, -0.1) is 0 Å². The van der Waals surface area contributed by atoms with Crippen molar-refractivity contribution >= 4 is 35.1 Å². The van der Waals surface area contributed by atoms with Gasteiger partial charge < -0.3 is 29.1 Å². The van der Waals surface area contributed by atoms with Gasteiger partial charge in [0.2, 0.25) is 12.7 Å². The molecule has 218 valence electrons. The second-order valence-corrected chi connectivity index (χ2v) is 12.9. The van der Waals surface area contributed by atoms with Gasteiger partial charge in [-0.2, -0.15) is 0 Å². The Bertz CT molecular complexity index is 1400. The molecule has 1 N–H and O–H groups in total. The highest BCUT2D eigenvalue weighted by atomic mass is 35.5. The smallest absolute Gasteiger partial charge is 0.306 e. The fourth-order valence-electron chi connectivity index (χ4n) is 6.67. The number of aryl methyl sites for hydroxylation is 1. The Labute approximate surface area is 244 Å². The third kappa shape index (κ3) is 5.03. The number of hydrogen-bond donors (Lipinski definition) is 1. The Balaban J connectivity index is 1.43. The highest BCUT2D eigenvalue weighted by Crippen LogP contribution is 2.51. The van der Waals surface area contributed by atoms with Crippen LogP contribution in [0.25, 0.3) is 0 Å². The minimum Gasteiger partial charge on any atom is -0.481 e. The normalized spacial score (nSPS) is 24.2. The lowest BCUT2D eigenvalue weighted by atomic mass is 9.78. The minimum atomic E-state index is -1.06. The van der Waals surface area contributed by atoms with Crippen LogP contribution in [0.4, 0.5) is 5.69 Å². The van der Waals surface area contributed by atoms with E-state index in [2.05, 4.69) is 20.8 Å². The number of nitrogens with zero attached hydrogens (tertiary/aromatic N) is 2. The van der Waals surface area contributed by atoms with Crippen molar-refractivity contribution in [2.24, 2.45) is 11.3 Å². The first-order chi connectivity index (χ1) is 19.5. The van der Waals surface area contributed by atoms with Crippen molar-refractivity contribution in [2.75, 3.05) is 24.8 Å². The molecule has 10 heteroatoms. The van der Waals surface area contributed by atoms with E-state index in [0.29, 0.717) is 48.0 Å². The topological polar surface area (TPSA) is 106 Å². The summed E-state index contributed by atoms with van der Waals surface area (Å²) in [5.74, 6) is -0.630. The van der Waals surface area contributed by atoms with Crippen LogP contribution in [0, 0.1) is 11.3 Å². The number of carbonyl (C=O) groups excluding carboxylic acids is 2. The van der Waals surface area contributed by atoms with Crippen molar-refractivity contribution in [3.05, 3.63) is 52.0 Å². The molecular formula is C31H35ClN2O7. The summed E-state index contributed by atoms with van der Waals surface area (Å²) in [5, 5.41) is 9.92. The molecule has 0 saturated carbocycles. The predicted octanol–water partition coefficient (Wildman–Crippen LogP) is 4.96. The minimum absolute atomic E-state index is 0.0814. The molecule has 0 unspecified atom stereocenters. The first-order valence-corrected chi connectivity index (χ1v) is 14.6. The Morgan fingerprint density at radius 3 is 2.54 bits per heavy atom. The largest absolute Gasteiger partial charge is 0.481 e. The summed E-state index contributed by atoms with van der Waals surface area (Å²) < 4.78 is 18.2. The maximum Gasteiger partial charge on any atom is 0.306 e. The Hall–Kier alpha value is -3.30. The van der Waals surface area contributed by atoms with Gasteiger partial charge in [0.05, 0.1) is 18.0 Å². The summed E-state index contributed by atoms with van der Waals surface area (Å²) in [5.41, 5.74) is 3.00. The molecule has 4 heterocycles. The third-order valence-electron chi connectivity index (χ3n) is 8.78. The van der Waals surface area contributed by atoms with Crippen LogP contribution in [0.3, 0.4) is 0 Å². The Kier molecular flexibility index (Phi) is 7.14. The molecule has 1 saturated heterocycles. The summed E-state index contributed by atoms with van der Waals surface area (Å²) in [7, 11) is 0. The van der Waals surface area contributed by atoms with Crippen LogP contribution in [0.15, 0.2) is 30.3 Å². The van der Waals surface area contributed by atoms with E-state index in [4.69, 9.17) is 25.8 Å². The fraction of sp³-hybridized carbons (Fsp3) is 0.516. The van der Waals surface area contributed by atoms with Crippen LogP contribution in [0.2, 0.25) is 5.02 Å². The third-order valence-corrected chi connectivity index (χ3v) is 9.00. The molecule has 0 aliphatic carbocycles. The molecule has 9 nitrogen and oxygen atoms in total. The number of benzene rings is 2. The van der Waals surface area contributed by atoms with Gasteiger partial charge in [-0.1, -0.05) is 44.5 Å². The van der Waals surface area contributed by atoms with Gasteiger partial charge in [0.1, 0.15) is 12.2 Å². The van der Waals surface area contributed by atoms with E-state index in [1.165, 1.54) is 0 Å². The van der Waals surface area contributed by atoms with Gasteiger partial charge >= 0.3 is 5.97 Å². The van der Waals surface area contributed by atoms with Gasteiger partial charge in [0, 0.05) is 35.3 Å².